The summed E-state index contributed by atoms with van der Waals surface area (Å²) in [4.78, 5) is 15.0. The van der Waals surface area contributed by atoms with Crippen LogP contribution in [-0.2, 0) is 4.74 Å². The van der Waals surface area contributed by atoms with Crippen LogP contribution in [0.3, 0.4) is 0 Å². The molecular weight excluding hydrogens is 366 g/mol. The largest absolute Gasteiger partial charge is 0.379 e. The molecule has 1 aliphatic rings. The van der Waals surface area contributed by atoms with Gasteiger partial charge in [0.05, 0.1) is 19.3 Å². The number of ether oxygens (including phenoxy) is 1. The van der Waals surface area contributed by atoms with E-state index in [1.54, 1.807) is 6.07 Å². The van der Waals surface area contributed by atoms with E-state index in [-0.39, 0.29) is 17.6 Å². The average Bonchev–Trinajstić information content (AvgIpc) is 3.26. The molecule has 2 heterocycles. The van der Waals surface area contributed by atoms with Crippen molar-refractivity contribution in [2.75, 3.05) is 32.8 Å². The zero-order valence-electron chi connectivity index (χ0n) is 16.5. The van der Waals surface area contributed by atoms with Crippen LogP contribution in [0.1, 0.15) is 27.7 Å². The quantitative estimate of drug-likeness (QED) is 0.697. The van der Waals surface area contributed by atoms with Gasteiger partial charge in [-0.3, -0.25) is 9.69 Å². The Hall–Kier alpha value is -2.96. The smallest absolute Gasteiger partial charge is 0.273 e. The van der Waals surface area contributed by atoms with Crippen LogP contribution in [0, 0.1) is 6.92 Å². The lowest BCUT2D eigenvalue weighted by Gasteiger charge is -2.34. The molecule has 6 nitrogen and oxygen atoms in total. The van der Waals surface area contributed by atoms with Crippen molar-refractivity contribution in [1.82, 2.24) is 15.4 Å². The summed E-state index contributed by atoms with van der Waals surface area (Å²) >= 11 is 0. The topological polar surface area (TPSA) is 67.6 Å². The number of amides is 1. The number of nitrogens with zero attached hydrogens (tertiary/aromatic N) is 2. The van der Waals surface area contributed by atoms with Crippen LogP contribution in [0.25, 0.3) is 11.3 Å². The first-order valence-corrected chi connectivity index (χ1v) is 9.89. The van der Waals surface area contributed by atoms with Gasteiger partial charge in [0.15, 0.2) is 11.5 Å². The number of aryl methyl sites for hydroxylation is 1. The highest BCUT2D eigenvalue weighted by atomic mass is 16.5. The van der Waals surface area contributed by atoms with E-state index in [9.17, 15) is 4.79 Å². The van der Waals surface area contributed by atoms with Gasteiger partial charge in [-0.25, -0.2) is 0 Å². The first-order valence-electron chi connectivity index (χ1n) is 9.89. The Morgan fingerprint density at radius 1 is 1.10 bits per heavy atom. The number of nitrogens with one attached hydrogen (secondary N) is 1. The van der Waals surface area contributed by atoms with Crippen molar-refractivity contribution in [1.29, 1.82) is 0 Å². The van der Waals surface area contributed by atoms with Crippen LogP contribution < -0.4 is 5.32 Å². The Kier molecular flexibility index (Phi) is 6.03. The summed E-state index contributed by atoms with van der Waals surface area (Å²) in [5, 5.41) is 6.98. The molecule has 0 saturated carbocycles. The number of aromatic nitrogens is 1. The lowest BCUT2D eigenvalue weighted by molar-refractivity contribution is 0.0162. The van der Waals surface area contributed by atoms with E-state index in [1.807, 2.05) is 49.4 Å². The molecule has 0 bridgehead atoms. The number of hydrogen-bond donors (Lipinski definition) is 1. The van der Waals surface area contributed by atoms with Crippen LogP contribution in [0.4, 0.5) is 0 Å². The molecule has 0 spiro atoms. The lowest BCUT2D eigenvalue weighted by Crippen LogP contribution is -2.43. The first-order chi connectivity index (χ1) is 14.2. The second-order valence-electron chi connectivity index (χ2n) is 7.23. The normalized spacial score (nSPS) is 15.8. The van der Waals surface area contributed by atoms with Gasteiger partial charge in [-0.05, 0) is 12.5 Å². The van der Waals surface area contributed by atoms with E-state index in [2.05, 4.69) is 27.5 Å². The van der Waals surface area contributed by atoms with E-state index < -0.39 is 0 Å². The Labute approximate surface area is 170 Å². The van der Waals surface area contributed by atoms with Gasteiger partial charge in [-0.2, -0.15) is 0 Å². The number of hydrogen-bond acceptors (Lipinski definition) is 5. The third-order valence-electron chi connectivity index (χ3n) is 5.21. The van der Waals surface area contributed by atoms with Gasteiger partial charge >= 0.3 is 0 Å². The Morgan fingerprint density at radius 3 is 2.55 bits per heavy atom. The molecule has 6 heteroatoms. The summed E-state index contributed by atoms with van der Waals surface area (Å²) in [7, 11) is 0. The van der Waals surface area contributed by atoms with Crippen molar-refractivity contribution in [3.63, 3.8) is 0 Å². The SMILES string of the molecule is Cc1ccc(-c2cc(C(=O)NC[C@H](c3ccccc3)N3CCOCC3)no2)cc1. The third-order valence-corrected chi connectivity index (χ3v) is 5.21. The highest BCUT2D eigenvalue weighted by Gasteiger charge is 2.24. The Morgan fingerprint density at radius 2 is 1.83 bits per heavy atom. The fraction of sp³-hybridized carbons (Fsp3) is 0.304. The first kappa shape index (κ1) is 19.4. The van der Waals surface area contributed by atoms with Crippen LogP contribution in [0.5, 0.6) is 0 Å². The minimum Gasteiger partial charge on any atom is -0.379 e. The molecule has 1 amide bonds. The highest BCUT2D eigenvalue weighted by molar-refractivity contribution is 5.93. The van der Waals surface area contributed by atoms with Crippen LogP contribution in [0.2, 0.25) is 0 Å². The van der Waals surface area contributed by atoms with E-state index in [4.69, 9.17) is 9.26 Å². The summed E-state index contributed by atoms with van der Waals surface area (Å²) in [5.74, 6) is 0.351. The van der Waals surface area contributed by atoms with Crippen molar-refractivity contribution in [3.05, 3.63) is 77.5 Å². The Bertz CT molecular complexity index is 932. The van der Waals surface area contributed by atoms with Gasteiger partial charge in [0.2, 0.25) is 0 Å². The fourth-order valence-electron chi connectivity index (χ4n) is 3.54. The molecule has 1 saturated heterocycles. The van der Waals surface area contributed by atoms with Crippen molar-refractivity contribution in [2.45, 2.75) is 13.0 Å². The molecule has 3 aromatic rings. The maximum Gasteiger partial charge on any atom is 0.273 e. The molecule has 1 fully saturated rings. The molecule has 1 N–H and O–H groups in total. The number of carbonyl (C=O) groups is 1. The second-order valence-corrected chi connectivity index (χ2v) is 7.23. The van der Waals surface area contributed by atoms with E-state index in [0.29, 0.717) is 25.5 Å². The van der Waals surface area contributed by atoms with Gasteiger partial charge in [-0.1, -0.05) is 65.3 Å². The summed E-state index contributed by atoms with van der Waals surface area (Å²) in [5.41, 5.74) is 3.53. The number of carbonyl (C=O) groups excluding carboxylic acids is 1. The summed E-state index contributed by atoms with van der Waals surface area (Å²) < 4.78 is 10.9. The standard InChI is InChI=1S/C23H25N3O3/c1-17-7-9-19(10-8-17)22-15-20(25-29-22)23(27)24-16-21(18-5-3-2-4-6-18)26-11-13-28-14-12-26/h2-10,15,21H,11-14,16H2,1H3,(H,24,27)/t21-/m1/s1. The number of morpholine rings is 1. The van der Waals surface area contributed by atoms with Gasteiger partial charge in [0.1, 0.15) is 0 Å². The molecule has 0 unspecified atom stereocenters. The van der Waals surface area contributed by atoms with E-state index >= 15 is 0 Å². The van der Waals surface area contributed by atoms with E-state index in [0.717, 1.165) is 18.7 Å². The predicted molar refractivity (Wildman–Crippen MR) is 111 cm³/mol. The minimum absolute atomic E-state index is 0.0903. The molecule has 29 heavy (non-hydrogen) atoms. The molecule has 2 aromatic carbocycles. The van der Waals surface area contributed by atoms with E-state index in [1.165, 1.54) is 11.1 Å². The van der Waals surface area contributed by atoms with Gasteiger partial charge in [0.25, 0.3) is 5.91 Å². The van der Waals surface area contributed by atoms with Gasteiger partial charge in [0, 0.05) is 31.3 Å². The molecule has 150 valence electrons. The lowest BCUT2D eigenvalue weighted by atomic mass is 10.0. The molecule has 1 atom stereocenters. The summed E-state index contributed by atoms with van der Waals surface area (Å²) in [6.07, 6.45) is 0. The zero-order chi connectivity index (χ0) is 20.1. The molecule has 1 aromatic heterocycles. The molecule has 1 aliphatic heterocycles. The van der Waals surface area contributed by atoms with Crippen molar-refractivity contribution in [3.8, 4) is 11.3 Å². The van der Waals surface area contributed by atoms with Crippen LogP contribution in [0.15, 0.2) is 65.2 Å². The zero-order valence-corrected chi connectivity index (χ0v) is 16.5. The van der Waals surface area contributed by atoms with Crippen LogP contribution in [-0.4, -0.2) is 48.8 Å². The monoisotopic (exact) mass is 391 g/mol. The minimum atomic E-state index is -0.235. The fourth-order valence-corrected chi connectivity index (χ4v) is 3.54. The third kappa shape index (κ3) is 4.72. The molecular formula is C23H25N3O3. The van der Waals surface area contributed by atoms with Crippen LogP contribution >= 0.6 is 0 Å². The predicted octanol–water partition coefficient (Wildman–Crippen LogP) is 3.45. The summed E-state index contributed by atoms with van der Waals surface area (Å²) in [6, 6.07) is 19.9. The Balaban J connectivity index is 1.44. The van der Waals surface area contributed by atoms with Gasteiger partial charge in [-0.15, -0.1) is 0 Å². The number of benzene rings is 2. The second kappa shape index (κ2) is 9.03. The van der Waals surface area contributed by atoms with Crippen molar-refractivity contribution in [2.24, 2.45) is 0 Å². The molecule has 0 radical (unpaired) electrons. The van der Waals surface area contributed by atoms with Crippen molar-refractivity contribution >= 4 is 5.91 Å². The maximum absolute atomic E-state index is 12.7. The summed E-state index contributed by atoms with van der Waals surface area (Å²) in [6.45, 7) is 5.63. The highest BCUT2D eigenvalue weighted by Crippen LogP contribution is 2.23. The average molecular weight is 391 g/mol. The maximum atomic E-state index is 12.7. The molecule has 4 rings (SSSR count). The molecule has 0 aliphatic carbocycles. The van der Waals surface area contributed by atoms with Crippen molar-refractivity contribution < 1.29 is 14.1 Å². The van der Waals surface area contributed by atoms with Gasteiger partial charge < -0.3 is 14.6 Å². The number of rotatable bonds is 6.